The molecule has 3 aromatic rings. The molecule has 0 saturated carbocycles. The monoisotopic (exact) mass is 395 g/mol. The van der Waals surface area contributed by atoms with Crippen molar-refractivity contribution < 1.29 is 14.1 Å². The molecule has 0 aliphatic heterocycles. The fourth-order valence-corrected chi connectivity index (χ4v) is 3.14. The Morgan fingerprint density at radius 1 is 1.21 bits per heavy atom. The van der Waals surface area contributed by atoms with E-state index in [1.165, 1.54) is 18.2 Å². The van der Waals surface area contributed by atoms with Gasteiger partial charge in [0.1, 0.15) is 5.58 Å². The molecule has 8 nitrogen and oxygen atoms in total. The summed E-state index contributed by atoms with van der Waals surface area (Å²) in [6.07, 6.45) is 0.218. The molecule has 1 amide bonds. The lowest BCUT2D eigenvalue weighted by Crippen LogP contribution is -2.45. The Labute approximate surface area is 166 Å². The van der Waals surface area contributed by atoms with Crippen LogP contribution < -0.4 is 16.7 Å². The van der Waals surface area contributed by atoms with Gasteiger partial charge < -0.3 is 15.5 Å². The molecule has 0 radical (unpaired) electrons. The highest BCUT2D eigenvalue weighted by Gasteiger charge is 2.25. The van der Waals surface area contributed by atoms with Crippen molar-refractivity contribution in [3.63, 3.8) is 0 Å². The smallest absolute Gasteiger partial charge is 0.339 e. The molecule has 8 heteroatoms. The summed E-state index contributed by atoms with van der Waals surface area (Å²) >= 11 is 0. The van der Waals surface area contributed by atoms with Crippen LogP contribution in [0.1, 0.15) is 35.3 Å². The van der Waals surface area contributed by atoms with E-state index in [1.54, 1.807) is 45.0 Å². The molecule has 3 N–H and O–H groups in total. The second-order valence-electron chi connectivity index (χ2n) is 7.63. The number of carbonyl (C=O) groups excluding carboxylic acids is 1. The number of anilines is 1. The van der Waals surface area contributed by atoms with Crippen LogP contribution in [0.4, 0.5) is 11.4 Å². The highest BCUT2D eigenvalue weighted by Crippen LogP contribution is 2.21. The van der Waals surface area contributed by atoms with Crippen molar-refractivity contribution in [3.8, 4) is 0 Å². The summed E-state index contributed by atoms with van der Waals surface area (Å²) in [6, 6.07) is 11.1. The third-order valence-corrected chi connectivity index (χ3v) is 4.58. The lowest BCUT2D eigenvalue weighted by molar-refractivity contribution is -0.385. The molecule has 0 fully saturated rings. The third-order valence-electron chi connectivity index (χ3n) is 4.58. The third kappa shape index (κ3) is 4.43. The summed E-state index contributed by atoms with van der Waals surface area (Å²) in [5, 5.41) is 14.7. The number of benzene rings is 2. The molecular weight excluding hydrogens is 374 g/mol. The van der Waals surface area contributed by atoms with Gasteiger partial charge in [-0.2, -0.15) is 0 Å². The van der Waals surface area contributed by atoms with Crippen LogP contribution >= 0.6 is 0 Å². The maximum Gasteiger partial charge on any atom is 0.339 e. The molecule has 0 spiro atoms. The molecule has 3 rings (SSSR count). The average Bonchev–Trinajstić information content (AvgIpc) is 2.62. The average molecular weight is 395 g/mol. The van der Waals surface area contributed by atoms with Gasteiger partial charge in [0.2, 0.25) is 0 Å². The molecule has 150 valence electrons. The number of nitro benzene ring substituents is 1. The predicted molar refractivity (Wildman–Crippen MR) is 110 cm³/mol. The summed E-state index contributed by atoms with van der Waals surface area (Å²) < 4.78 is 5.34. The van der Waals surface area contributed by atoms with Crippen LogP contribution in [0.15, 0.2) is 51.7 Å². The van der Waals surface area contributed by atoms with Crippen LogP contribution in [0.5, 0.6) is 0 Å². The largest absolute Gasteiger partial charge is 0.422 e. The Kier molecular flexibility index (Phi) is 5.11. The number of carbonyl (C=O) groups is 1. The summed E-state index contributed by atoms with van der Waals surface area (Å²) in [5.41, 5.74) is 6.23. The number of hydrogen-bond acceptors (Lipinski definition) is 6. The van der Waals surface area contributed by atoms with Crippen LogP contribution in [-0.2, 0) is 6.42 Å². The minimum absolute atomic E-state index is 0.120. The topological polar surface area (TPSA) is 128 Å². The van der Waals surface area contributed by atoms with Crippen molar-refractivity contribution in [2.24, 2.45) is 0 Å². The number of nitrogens with zero attached hydrogens (tertiary/aromatic N) is 1. The maximum atomic E-state index is 12.6. The highest BCUT2D eigenvalue weighted by molar-refractivity contribution is 5.95. The first-order valence-electron chi connectivity index (χ1n) is 8.95. The van der Waals surface area contributed by atoms with Crippen LogP contribution in [0, 0.1) is 17.0 Å². The fourth-order valence-electron chi connectivity index (χ4n) is 3.14. The maximum absolute atomic E-state index is 12.6. The number of fused-ring (bicyclic) bond motifs is 1. The Morgan fingerprint density at radius 2 is 1.93 bits per heavy atom. The van der Waals surface area contributed by atoms with Gasteiger partial charge in [0, 0.05) is 51.9 Å². The molecule has 2 aromatic carbocycles. The van der Waals surface area contributed by atoms with Gasteiger partial charge in [-0.05, 0) is 45.0 Å². The molecular formula is C21H21N3O5. The number of nitrogens with one attached hydrogen (secondary N) is 1. The van der Waals surface area contributed by atoms with E-state index in [4.69, 9.17) is 10.2 Å². The van der Waals surface area contributed by atoms with E-state index in [1.807, 2.05) is 0 Å². The molecule has 0 bridgehead atoms. The van der Waals surface area contributed by atoms with Gasteiger partial charge in [0.05, 0.1) is 4.92 Å². The quantitative estimate of drug-likeness (QED) is 0.295. The van der Waals surface area contributed by atoms with E-state index in [9.17, 15) is 19.7 Å². The van der Waals surface area contributed by atoms with E-state index in [0.29, 0.717) is 22.4 Å². The second-order valence-corrected chi connectivity index (χ2v) is 7.63. The van der Waals surface area contributed by atoms with Crippen molar-refractivity contribution in [1.82, 2.24) is 5.32 Å². The number of aryl methyl sites for hydroxylation is 1. The molecule has 1 aromatic heterocycles. The minimum Gasteiger partial charge on any atom is -0.422 e. The van der Waals surface area contributed by atoms with E-state index in [-0.39, 0.29) is 17.7 Å². The lowest BCUT2D eigenvalue weighted by Gasteiger charge is -2.26. The molecule has 0 aliphatic carbocycles. The number of hydrogen-bond donors (Lipinski definition) is 2. The van der Waals surface area contributed by atoms with Gasteiger partial charge in [-0.3, -0.25) is 14.9 Å². The van der Waals surface area contributed by atoms with Crippen molar-refractivity contribution in [3.05, 3.63) is 79.7 Å². The van der Waals surface area contributed by atoms with Crippen LogP contribution in [0.2, 0.25) is 0 Å². The fraction of sp³-hybridized carbons (Fsp3) is 0.238. The number of amides is 1. The van der Waals surface area contributed by atoms with Crippen LogP contribution in [-0.4, -0.2) is 16.4 Å². The van der Waals surface area contributed by atoms with Gasteiger partial charge in [0.25, 0.3) is 11.6 Å². The van der Waals surface area contributed by atoms with E-state index >= 15 is 0 Å². The number of nitrogens with two attached hydrogens (primary N) is 1. The zero-order valence-corrected chi connectivity index (χ0v) is 16.3. The zero-order valence-electron chi connectivity index (χ0n) is 16.3. The number of nitrogen functional groups attached to an aromatic ring is 1. The van der Waals surface area contributed by atoms with Crippen molar-refractivity contribution in [2.75, 3.05) is 5.73 Å². The second kappa shape index (κ2) is 7.38. The summed E-state index contributed by atoms with van der Waals surface area (Å²) in [7, 11) is 0. The lowest BCUT2D eigenvalue weighted by atomic mass is 9.94. The van der Waals surface area contributed by atoms with E-state index in [2.05, 4.69) is 5.32 Å². The SMILES string of the molecule is Cc1ccc(C(=O)NC(C)(C)Cc2cc3ccc(N)cc3oc2=O)cc1[N+](=O)[O-]. The molecule has 1 heterocycles. The minimum atomic E-state index is -0.799. The molecule has 0 saturated heterocycles. The van der Waals surface area contributed by atoms with Crippen LogP contribution in [0.25, 0.3) is 11.0 Å². The first-order valence-corrected chi connectivity index (χ1v) is 8.95. The van der Waals surface area contributed by atoms with Crippen LogP contribution in [0.3, 0.4) is 0 Å². The van der Waals surface area contributed by atoms with Gasteiger partial charge >= 0.3 is 5.63 Å². The van der Waals surface area contributed by atoms with Gasteiger partial charge in [-0.1, -0.05) is 6.07 Å². The summed E-state index contributed by atoms with van der Waals surface area (Å²) in [6.45, 7) is 5.14. The van der Waals surface area contributed by atoms with E-state index in [0.717, 1.165) is 5.39 Å². The molecule has 29 heavy (non-hydrogen) atoms. The molecule has 0 aliphatic rings. The zero-order chi connectivity index (χ0) is 21.3. The highest BCUT2D eigenvalue weighted by atomic mass is 16.6. The summed E-state index contributed by atoms with van der Waals surface area (Å²) in [5.74, 6) is -0.462. The number of rotatable bonds is 5. The van der Waals surface area contributed by atoms with Crippen molar-refractivity contribution in [1.29, 1.82) is 0 Å². The Hall–Kier alpha value is -3.68. The number of nitro groups is 1. The van der Waals surface area contributed by atoms with Gasteiger partial charge in [-0.25, -0.2) is 4.79 Å². The molecule has 0 unspecified atom stereocenters. The van der Waals surface area contributed by atoms with Crippen molar-refractivity contribution in [2.45, 2.75) is 32.7 Å². The first kappa shape index (κ1) is 20.1. The first-order chi connectivity index (χ1) is 13.6. The Bertz CT molecular complexity index is 1180. The van der Waals surface area contributed by atoms with Crippen molar-refractivity contribution >= 4 is 28.3 Å². The Balaban J connectivity index is 1.84. The van der Waals surface area contributed by atoms with Gasteiger partial charge in [0.15, 0.2) is 0 Å². The molecule has 0 atom stereocenters. The summed E-state index contributed by atoms with van der Waals surface area (Å²) in [4.78, 5) is 35.5. The normalized spacial score (nSPS) is 11.4. The van der Waals surface area contributed by atoms with Gasteiger partial charge in [-0.15, -0.1) is 0 Å². The Morgan fingerprint density at radius 3 is 2.62 bits per heavy atom. The standard InChI is InChI=1S/C21H21N3O5/c1-12-4-5-14(9-17(12)24(27)28)19(25)23-21(2,3)11-15-8-13-6-7-16(22)10-18(13)29-20(15)26/h4-10H,11,22H2,1-3H3,(H,23,25). The van der Waals surface area contributed by atoms with E-state index < -0.39 is 22.0 Å². The predicted octanol–water partition coefficient (Wildman–Crippen LogP) is 3.34.